The van der Waals surface area contributed by atoms with Crippen LogP contribution in [0.3, 0.4) is 0 Å². The Morgan fingerprint density at radius 1 is 1.29 bits per heavy atom. The molecule has 0 atom stereocenters. The molecule has 0 fully saturated rings. The van der Waals surface area contributed by atoms with E-state index in [2.05, 4.69) is 9.72 Å². The van der Waals surface area contributed by atoms with Crippen LogP contribution in [0.25, 0.3) is 0 Å². The van der Waals surface area contributed by atoms with Crippen LogP contribution in [0.2, 0.25) is 0 Å². The van der Waals surface area contributed by atoms with E-state index in [4.69, 9.17) is 0 Å². The topological polar surface area (TPSA) is 39.2 Å². The Morgan fingerprint density at radius 3 is 2.93 bits per heavy atom. The van der Waals surface area contributed by atoms with Crippen LogP contribution < -0.4 is 0 Å². The summed E-state index contributed by atoms with van der Waals surface area (Å²) in [6.07, 6.45) is 5.84. The number of carbonyl (C=O) groups excluding carboxylic acids is 1. The van der Waals surface area contributed by atoms with Crippen LogP contribution in [0.4, 0.5) is 0 Å². The van der Waals surface area contributed by atoms with Crippen molar-refractivity contribution < 1.29 is 9.53 Å². The zero-order valence-corrected chi connectivity index (χ0v) is 8.11. The van der Waals surface area contributed by atoms with Crippen LogP contribution in [0.5, 0.6) is 0 Å². The number of nitrogens with zero attached hydrogens (tertiary/aromatic N) is 1. The Kier molecular flexibility index (Phi) is 5.40. The molecule has 0 aliphatic heterocycles. The maximum atomic E-state index is 9.70. The van der Waals surface area contributed by atoms with Gasteiger partial charge in [0.1, 0.15) is 0 Å². The van der Waals surface area contributed by atoms with Crippen LogP contribution in [0, 0.1) is 0 Å². The Labute approximate surface area is 84.1 Å². The summed E-state index contributed by atoms with van der Waals surface area (Å²) >= 11 is 0. The highest BCUT2D eigenvalue weighted by Gasteiger charge is 1.93. The lowest BCUT2D eigenvalue weighted by Crippen LogP contribution is -1.93. The molecule has 1 radical (unpaired) electrons. The predicted octanol–water partition coefficient (Wildman–Crippen LogP) is 1.88. The summed E-state index contributed by atoms with van der Waals surface area (Å²) in [6, 6.07) is 5.93. The van der Waals surface area contributed by atoms with Crippen molar-refractivity contribution in [3.63, 3.8) is 0 Å². The van der Waals surface area contributed by atoms with E-state index in [1.807, 2.05) is 18.2 Å². The van der Waals surface area contributed by atoms with Crippen molar-refractivity contribution in [3.05, 3.63) is 30.1 Å². The zero-order chi connectivity index (χ0) is 10.1. The lowest BCUT2D eigenvalue weighted by molar-refractivity contribution is 0.269. The van der Waals surface area contributed by atoms with Crippen molar-refractivity contribution in [2.45, 2.75) is 25.7 Å². The number of hydrogen-bond acceptors (Lipinski definition) is 3. The summed E-state index contributed by atoms with van der Waals surface area (Å²) in [5.41, 5.74) is 1.12. The monoisotopic (exact) mass is 192 g/mol. The number of aryl methyl sites for hydroxylation is 1. The normalized spacial score (nSPS) is 9.71. The molecule has 0 spiro atoms. The SMILES string of the molecule is O=[C]OCCCCCc1ccccn1. The van der Waals surface area contributed by atoms with E-state index in [1.165, 1.54) is 6.47 Å². The average Bonchev–Trinajstić information content (AvgIpc) is 2.25. The summed E-state index contributed by atoms with van der Waals surface area (Å²) in [5.74, 6) is 0. The van der Waals surface area contributed by atoms with Crippen LogP contribution in [-0.2, 0) is 16.0 Å². The molecule has 0 saturated heterocycles. The summed E-state index contributed by atoms with van der Waals surface area (Å²) in [4.78, 5) is 13.9. The van der Waals surface area contributed by atoms with Gasteiger partial charge in [-0.2, -0.15) is 0 Å². The molecule has 0 unspecified atom stereocenters. The Balaban J connectivity index is 2.02. The van der Waals surface area contributed by atoms with Gasteiger partial charge >= 0.3 is 6.47 Å². The standard InChI is InChI=1S/C11H14NO2/c13-10-14-9-5-1-2-6-11-7-3-4-8-12-11/h3-4,7-8H,1-2,5-6,9H2. The molecule has 1 heterocycles. The van der Waals surface area contributed by atoms with E-state index in [-0.39, 0.29) is 0 Å². The number of rotatable bonds is 7. The number of ether oxygens (including phenoxy) is 1. The van der Waals surface area contributed by atoms with Crippen molar-refractivity contribution in [2.24, 2.45) is 0 Å². The van der Waals surface area contributed by atoms with Gasteiger partial charge in [0.2, 0.25) is 0 Å². The van der Waals surface area contributed by atoms with Gasteiger partial charge in [0.05, 0.1) is 6.61 Å². The largest absolute Gasteiger partial charge is 0.457 e. The second-order valence-electron chi connectivity index (χ2n) is 3.06. The molecule has 0 amide bonds. The third kappa shape index (κ3) is 4.60. The maximum absolute atomic E-state index is 9.70. The van der Waals surface area contributed by atoms with E-state index >= 15 is 0 Å². The number of unbranched alkanes of at least 4 members (excludes halogenated alkanes) is 2. The first-order valence-electron chi connectivity index (χ1n) is 4.82. The Hall–Kier alpha value is -1.38. The molecule has 3 heteroatoms. The number of aromatic nitrogens is 1. The van der Waals surface area contributed by atoms with Crippen molar-refractivity contribution in [1.82, 2.24) is 4.98 Å². The van der Waals surface area contributed by atoms with Crippen LogP contribution >= 0.6 is 0 Å². The fourth-order valence-electron chi connectivity index (χ4n) is 1.24. The molecule has 14 heavy (non-hydrogen) atoms. The number of pyridine rings is 1. The summed E-state index contributed by atoms with van der Waals surface area (Å²) in [7, 11) is 0. The van der Waals surface area contributed by atoms with E-state index in [9.17, 15) is 4.79 Å². The molecule has 0 saturated carbocycles. The lowest BCUT2D eigenvalue weighted by atomic mass is 10.1. The van der Waals surface area contributed by atoms with Gasteiger partial charge in [-0.25, -0.2) is 4.79 Å². The molecule has 0 aromatic carbocycles. The van der Waals surface area contributed by atoms with E-state index in [0.717, 1.165) is 31.4 Å². The van der Waals surface area contributed by atoms with Gasteiger partial charge in [-0.3, -0.25) is 4.98 Å². The van der Waals surface area contributed by atoms with Gasteiger partial charge in [-0.15, -0.1) is 0 Å². The zero-order valence-electron chi connectivity index (χ0n) is 8.11. The minimum atomic E-state index is 0.478. The first kappa shape index (κ1) is 10.7. The van der Waals surface area contributed by atoms with Crippen LogP contribution in [0.1, 0.15) is 25.0 Å². The van der Waals surface area contributed by atoms with Crippen LogP contribution in [-0.4, -0.2) is 18.1 Å². The highest BCUT2D eigenvalue weighted by atomic mass is 16.5. The molecule has 1 rings (SSSR count). The Morgan fingerprint density at radius 2 is 2.21 bits per heavy atom. The smallest absolute Gasteiger partial charge is 0.417 e. The summed E-state index contributed by atoms with van der Waals surface area (Å²) in [5, 5.41) is 0. The van der Waals surface area contributed by atoms with Gasteiger partial charge in [-0.05, 0) is 37.8 Å². The molecular formula is C11H14NO2. The molecule has 1 aromatic heterocycles. The van der Waals surface area contributed by atoms with Crippen molar-refractivity contribution in [1.29, 1.82) is 0 Å². The van der Waals surface area contributed by atoms with Crippen LogP contribution in [0.15, 0.2) is 24.4 Å². The van der Waals surface area contributed by atoms with Crippen molar-refractivity contribution in [3.8, 4) is 0 Å². The molecule has 0 aliphatic rings. The summed E-state index contributed by atoms with van der Waals surface area (Å²) in [6.45, 7) is 1.89. The summed E-state index contributed by atoms with van der Waals surface area (Å²) < 4.78 is 4.46. The van der Waals surface area contributed by atoms with Gasteiger partial charge in [0.25, 0.3) is 0 Å². The van der Waals surface area contributed by atoms with E-state index in [1.54, 1.807) is 6.20 Å². The van der Waals surface area contributed by atoms with Crippen molar-refractivity contribution >= 4 is 6.47 Å². The van der Waals surface area contributed by atoms with Gasteiger partial charge in [0, 0.05) is 11.9 Å². The highest BCUT2D eigenvalue weighted by molar-refractivity contribution is 5.37. The second-order valence-corrected chi connectivity index (χ2v) is 3.06. The molecule has 0 N–H and O–H groups in total. The van der Waals surface area contributed by atoms with Gasteiger partial charge in [-0.1, -0.05) is 6.07 Å². The molecular weight excluding hydrogens is 178 g/mol. The fourth-order valence-corrected chi connectivity index (χ4v) is 1.24. The molecule has 1 aromatic rings. The predicted molar refractivity (Wildman–Crippen MR) is 53.4 cm³/mol. The Bertz CT molecular complexity index is 249. The first-order valence-corrected chi connectivity index (χ1v) is 4.82. The average molecular weight is 192 g/mol. The maximum Gasteiger partial charge on any atom is 0.417 e. The van der Waals surface area contributed by atoms with Gasteiger partial charge < -0.3 is 4.74 Å². The minimum absolute atomic E-state index is 0.478. The third-order valence-electron chi connectivity index (χ3n) is 1.96. The number of hydrogen-bond donors (Lipinski definition) is 0. The third-order valence-corrected chi connectivity index (χ3v) is 1.96. The fraction of sp³-hybridized carbons (Fsp3) is 0.455. The van der Waals surface area contributed by atoms with E-state index in [0.29, 0.717) is 6.61 Å². The minimum Gasteiger partial charge on any atom is -0.457 e. The molecule has 75 valence electrons. The second kappa shape index (κ2) is 7.06. The molecule has 0 bridgehead atoms. The van der Waals surface area contributed by atoms with Crippen molar-refractivity contribution in [2.75, 3.05) is 6.61 Å². The molecule has 0 aliphatic carbocycles. The van der Waals surface area contributed by atoms with E-state index < -0.39 is 0 Å². The quantitative estimate of drug-likeness (QED) is 0.619. The molecule has 3 nitrogen and oxygen atoms in total. The first-order chi connectivity index (χ1) is 6.93. The lowest BCUT2D eigenvalue weighted by Gasteiger charge is -1.99. The van der Waals surface area contributed by atoms with Gasteiger partial charge in [0.15, 0.2) is 0 Å². The highest BCUT2D eigenvalue weighted by Crippen LogP contribution is 2.03.